The number of benzene rings is 1. The molecule has 0 aromatic heterocycles. The maximum absolute atomic E-state index is 14.6. The zero-order valence-electron chi connectivity index (χ0n) is 22.1. The van der Waals surface area contributed by atoms with Crippen LogP contribution < -0.4 is 16.4 Å². The Morgan fingerprint density at radius 2 is 2.03 bits per heavy atom. The molecule has 208 valence electrons. The van der Waals surface area contributed by atoms with E-state index in [-0.39, 0.29) is 34.0 Å². The molecule has 1 aromatic carbocycles. The first-order valence-corrected chi connectivity index (χ1v) is 15.5. The number of nitrogens with one attached hydrogen (secondary N) is 3. The van der Waals surface area contributed by atoms with E-state index in [1.165, 1.54) is 0 Å². The maximum Gasteiger partial charge on any atom is 0.237 e. The van der Waals surface area contributed by atoms with Crippen LogP contribution in [0.25, 0.3) is 0 Å². The second-order valence-corrected chi connectivity index (χ2v) is 12.4. The van der Waals surface area contributed by atoms with Gasteiger partial charge >= 0.3 is 0 Å². The number of halogens is 1. The molecule has 1 aliphatic carbocycles. The summed E-state index contributed by atoms with van der Waals surface area (Å²) < 4.78 is 26.8. The van der Waals surface area contributed by atoms with Crippen molar-refractivity contribution in [2.75, 3.05) is 33.1 Å². The van der Waals surface area contributed by atoms with Gasteiger partial charge in [0, 0.05) is 41.4 Å². The first-order valence-electron chi connectivity index (χ1n) is 13.2. The number of rotatable bonds is 12. The highest BCUT2D eigenvalue weighted by Crippen LogP contribution is 2.38. The minimum Gasteiger partial charge on any atom is -0.384 e. The quantitative estimate of drug-likeness (QED) is 0.223. The Kier molecular flexibility index (Phi) is 10.3. The van der Waals surface area contributed by atoms with Gasteiger partial charge in [0.15, 0.2) is 5.79 Å². The molecule has 10 heteroatoms. The fourth-order valence-corrected chi connectivity index (χ4v) is 6.93. The predicted octanol–water partition coefficient (Wildman–Crippen LogP) is 4.24. The first-order chi connectivity index (χ1) is 18.3. The van der Waals surface area contributed by atoms with Gasteiger partial charge in [0.25, 0.3) is 0 Å². The Labute approximate surface area is 233 Å². The van der Waals surface area contributed by atoms with E-state index in [0.29, 0.717) is 39.0 Å². The Balaban J connectivity index is 1.30. The highest BCUT2D eigenvalue weighted by Gasteiger charge is 2.40. The maximum atomic E-state index is 14.6. The van der Waals surface area contributed by atoms with Crippen LogP contribution in [-0.4, -0.2) is 67.1 Å². The fraction of sp³-hybridized carbons (Fsp3) is 0.571. The van der Waals surface area contributed by atoms with Crippen LogP contribution >= 0.6 is 23.5 Å². The summed E-state index contributed by atoms with van der Waals surface area (Å²) in [4.78, 5) is 13.0. The molecule has 2 heterocycles. The van der Waals surface area contributed by atoms with Crippen LogP contribution in [0.3, 0.4) is 0 Å². The summed E-state index contributed by atoms with van der Waals surface area (Å²) in [5, 5.41) is 16.1. The van der Waals surface area contributed by atoms with Crippen LogP contribution in [0.15, 0.2) is 47.1 Å². The fourth-order valence-electron chi connectivity index (χ4n) is 5.26. The van der Waals surface area contributed by atoms with E-state index >= 15 is 0 Å². The molecule has 5 N–H and O–H groups in total. The van der Waals surface area contributed by atoms with E-state index in [1.54, 1.807) is 36.6 Å². The molecule has 2 aliphatic heterocycles. The van der Waals surface area contributed by atoms with Crippen LogP contribution in [0, 0.1) is 5.41 Å². The van der Waals surface area contributed by atoms with Crippen LogP contribution in [-0.2, 0) is 20.7 Å². The molecular weight excluding hydrogens is 523 g/mol. The van der Waals surface area contributed by atoms with Gasteiger partial charge in [-0.1, -0.05) is 24.3 Å². The molecule has 0 radical (unpaired) electrons. The van der Waals surface area contributed by atoms with Crippen molar-refractivity contribution in [3.05, 3.63) is 58.3 Å². The van der Waals surface area contributed by atoms with Gasteiger partial charge in [-0.25, -0.2) is 4.39 Å². The number of hydrogen-bond donors (Lipinski definition) is 4. The minimum absolute atomic E-state index is 0.0199. The highest BCUT2D eigenvalue weighted by atomic mass is 32.2. The number of amides is 1. The molecule has 0 bridgehead atoms. The zero-order chi connectivity index (χ0) is 27.1. The summed E-state index contributed by atoms with van der Waals surface area (Å²) in [6.45, 7) is 1.50. The van der Waals surface area contributed by atoms with Gasteiger partial charge in [-0.3, -0.25) is 10.2 Å². The van der Waals surface area contributed by atoms with Crippen molar-refractivity contribution in [1.82, 2.24) is 10.6 Å². The number of nitrogens with two attached hydrogens (primary N) is 1. The Morgan fingerprint density at radius 3 is 2.63 bits per heavy atom. The summed E-state index contributed by atoms with van der Waals surface area (Å²) in [5.74, 6) is -1.01. The van der Waals surface area contributed by atoms with Crippen molar-refractivity contribution in [1.29, 1.82) is 5.41 Å². The SMILES string of the molecule is CNC(CC1(CCc2ccc(C3CCC(SC)C=C3F)cc2)OCCO1)C(=O)NCC1CC(C(=N)N)=CS1. The smallest absolute Gasteiger partial charge is 0.237 e. The summed E-state index contributed by atoms with van der Waals surface area (Å²) in [7, 11) is 1.77. The van der Waals surface area contributed by atoms with E-state index in [1.807, 2.05) is 23.8 Å². The third-order valence-corrected chi connectivity index (χ3v) is 9.71. The molecule has 1 saturated heterocycles. The second-order valence-electron chi connectivity index (χ2n) is 10.1. The zero-order valence-corrected chi connectivity index (χ0v) is 23.8. The topological polar surface area (TPSA) is 109 Å². The van der Waals surface area contributed by atoms with Gasteiger partial charge < -0.3 is 25.8 Å². The third-order valence-electron chi connectivity index (χ3n) is 7.59. The number of likely N-dealkylation sites (N-methyl/N-ethyl adjacent to an activating group) is 1. The van der Waals surface area contributed by atoms with Gasteiger partial charge in [0.05, 0.1) is 19.3 Å². The van der Waals surface area contributed by atoms with Gasteiger partial charge in [-0.05, 0) is 61.6 Å². The van der Waals surface area contributed by atoms with Gasteiger partial charge in [0.2, 0.25) is 5.91 Å². The Hall–Kier alpha value is -1.85. The molecule has 1 fully saturated rings. The lowest BCUT2D eigenvalue weighted by Crippen LogP contribution is -2.49. The molecule has 38 heavy (non-hydrogen) atoms. The van der Waals surface area contributed by atoms with E-state index < -0.39 is 11.8 Å². The number of allylic oxidation sites excluding steroid dienone is 1. The molecule has 7 nitrogen and oxygen atoms in total. The number of carbonyl (C=O) groups is 1. The molecule has 0 saturated carbocycles. The molecule has 4 unspecified atom stereocenters. The van der Waals surface area contributed by atoms with Gasteiger partial charge in [0.1, 0.15) is 11.7 Å². The number of ether oxygens (including phenoxy) is 2. The van der Waals surface area contributed by atoms with E-state index in [0.717, 1.165) is 36.0 Å². The van der Waals surface area contributed by atoms with Crippen molar-refractivity contribution in [2.24, 2.45) is 5.73 Å². The van der Waals surface area contributed by atoms with Crippen LogP contribution in [0.5, 0.6) is 0 Å². The lowest BCUT2D eigenvalue weighted by atomic mass is 9.87. The van der Waals surface area contributed by atoms with Crippen LogP contribution in [0.4, 0.5) is 4.39 Å². The van der Waals surface area contributed by atoms with E-state index in [9.17, 15) is 9.18 Å². The summed E-state index contributed by atoms with van der Waals surface area (Å²) in [6.07, 6.45) is 8.06. The lowest BCUT2D eigenvalue weighted by Gasteiger charge is -2.31. The molecule has 1 aromatic rings. The largest absolute Gasteiger partial charge is 0.384 e. The van der Waals surface area contributed by atoms with Crippen molar-refractivity contribution in [3.8, 4) is 0 Å². The van der Waals surface area contributed by atoms with E-state index in [4.69, 9.17) is 20.6 Å². The van der Waals surface area contributed by atoms with Crippen molar-refractivity contribution in [3.63, 3.8) is 0 Å². The average molecular weight is 563 g/mol. The Morgan fingerprint density at radius 1 is 1.29 bits per heavy atom. The highest BCUT2D eigenvalue weighted by molar-refractivity contribution is 8.03. The van der Waals surface area contributed by atoms with Gasteiger partial charge in [-0.15, -0.1) is 11.8 Å². The standard InChI is InChI=1S/C28H39FN4O3S2/c1-32-25(27(34)33-16-22-13-20(17-38-22)26(30)31)15-28(35-11-12-36-28)10-9-18-3-5-19(6-4-18)23-8-7-21(37-2)14-24(23)29/h3-6,14,17,21-23,25,32H,7-13,15-16H2,1-2H3,(H3,30,31)(H,33,34). The number of aryl methyl sites for hydroxylation is 1. The number of thioether (sulfide) groups is 2. The molecule has 4 atom stereocenters. The Bertz CT molecular complexity index is 1040. The van der Waals surface area contributed by atoms with E-state index in [2.05, 4.69) is 22.8 Å². The van der Waals surface area contributed by atoms with Crippen LogP contribution in [0.1, 0.15) is 49.1 Å². The van der Waals surface area contributed by atoms with Crippen molar-refractivity contribution >= 4 is 35.3 Å². The van der Waals surface area contributed by atoms with Gasteiger partial charge in [-0.2, -0.15) is 11.8 Å². The summed E-state index contributed by atoms with van der Waals surface area (Å²) >= 11 is 3.30. The van der Waals surface area contributed by atoms with Crippen LogP contribution in [0.2, 0.25) is 0 Å². The summed E-state index contributed by atoms with van der Waals surface area (Å²) in [5.41, 5.74) is 8.55. The molecular formula is C28H39FN4O3S2. The lowest BCUT2D eigenvalue weighted by molar-refractivity contribution is -0.173. The monoisotopic (exact) mass is 562 g/mol. The number of carbonyl (C=O) groups excluding carboxylic acids is 1. The minimum atomic E-state index is -0.833. The number of hydrogen-bond acceptors (Lipinski definition) is 7. The number of amidine groups is 1. The normalized spacial score (nSPS) is 25.5. The average Bonchev–Trinajstić information content (AvgIpc) is 3.60. The molecule has 0 spiro atoms. The first kappa shape index (κ1) is 29.1. The second kappa shape index (κ2) is 13.5. The van der Waals surface area contributed by atoms with Crippen molar-refractivity contribution < 1.29 is 18.7 Å². The molecule has 1 amide bonds. The van der Waals surface area contributed by atoms with Crippen molar-refractivity contribution in [2.45, 2.75) is 66.8 Å². The molecule has 4 rings (SSSR count). The molecule has 3 aliphatic rings. The third kappa shape index (κ3) is 7.41. The predicted molar refractivity (Wildman–Crippen MR) is 154 cm³/mol. The summed E-state index contributed by atoms with van der Waals surface area (Å²) in [6, 6.07) is 7.74.